The maximum atomic E-state index is 10.3. The van der Waals surface area contributed by atoms with Crippen LogP contribution in [0.3, 0.4) is 0 Å². The van der Waals surface area contributed by atoms with Gasteiger partial charge in [0.25, 0.3) is 0 Å². The molecule has 0 saturated heterocycles. The number of carbonyl (C=O) groups is 1. The first-order chi connectivity index (χ1) is 6.81. The van der Waals surface area contributed by atoms with Crippen molar-refractivity contribution < 1.29 is 4.79 Å². The van der Waals surface area contributed by atoms with Gasteiger partial charge < -0.3 is 0 Å². The Morgan fingerprint density at radius 3 is 2.86 bits per heavy atom. The van der Waals surface area contributed by atoms with E-state index in [0.717, 1.165) is 17.8 Å². The lowest BCUT2D eigenvalue weighted by Gasteiger charge is -2.03. The van der Waals surface area contributed by atoms with Crippen molar-refractivity contribution in [3.63, 3.8) is 0 Å². The van der Waals surface area contributed by atoms with E-state index < -0.39 is 0 Å². The predicted octanol–water partition coefficient (Wildman–Crippen LogP) is 3.17. The fourth-order valence-corrected chi connectivity index (χ4v) is 1.65. The van der Waals surface area contributed by atoms with Crippen LogP contribution >= 0.6 is 0 Å². The minimum Gasteiger partial charge on any atom is -0.299 e. The van der Waals surface area contributed by atoms with E-state index in [1.165, 1.54) is 24.0 Å². The summed E-state index contributed by atoms with van der Waals surface area (Å²) in [5.41, 5.74) is 3.63. The molecule has 1 nitrogen and oxygen atoms in total. The molecule has 1 aliphatic carbocycles. The molecule has 14 heavy (non-hydrogen) atoms. The lowest BCUT2D eigenvalue weighted by molar-refractivity contribution is -0.104. The van der Waals surface area contributed by atoms with Gasteiger partial charge in [0.2, 0.25) is 0 Å². The van der Waals surface area contributed by atoms with Gasteiger partial charge in [-0.2, -0.15) is 0 Å². The highest BCUT2D eigenvalue weighted by Gasteiger charge is 2.23. The topological polar surface area (TPSA) is 17.1 Å². The second kappa shape index (κ2) is 3.79. The van der Waals surface area contributed by atoms with Crippen LogP contribution in [-0.4, -0.2) is 6.29 Å². The summed E-state index contributed by atoms with van der Waals surface area (Å²) in [6, 6.07) is 8.51. The zero-order chi connectivity index (χ0) is 9.97. The van der Waals surface area contributed by atoms with Crippen LogP contribution in [0.5, 0.6) is 0 Å². The molecular formula is C13H14O. The SMILES string of the molecule is C/C(=C\C=O)c1cccc(C2CC2)c1. The third-order valence-corrected chi connectivity index (χ3v) is 2.71. The number of aldehydes is 1. The van der Waals surface area contributed by atoms with Gasteiger partial charge >= 0.3 is 0 Å². The molecular weight excluding hydrogens is 172 g/mol. The summed E-state index contributed by atoms with van der Waals surface area (Å²) >= 11 is 0. The van der Waals surface area contributed by atoms with Gasteiger partial charge in [-0.25, -0.2) is 0 Å². The van der Waals surface area contributed by atoms with Crippen molar-refractivity contribution in [1.82, 2.24) is 0 Å². The molecule has 1 saturated carbocycles. The summed E-state index contributed by atoms with van der Waals surface area (Å²) in [5, 5.41) is 0. The Labute approximate surface area is 84.5 Å². The van der Waals surface area contributed by atoms with E-state index in [2.05, 4.69) is 24.3 Å². The zero-order valence-corrected chi connectivity index (χ0v) is 8.36. The Hall–Kier alpha value is -1.37. The average Bonchev–Trinajstić information content (AvgIpc) is 3.02. The van der Waals surface area contributed by atoms with Gasteiger partial charge in [0, 0.05) is 0 Å². The van der Waals surface area contributed by atoms with Crippen LogP contribution in [0.15, 0.2) is 30.3 Å². The molecule has 0 N–H and O–H groups in total. The summed E-state index contributed by atoms with van der Waals surface area (Å²) in [6.07, 6.45) is 5.10. The molecule has 1 aromatic rings. The lowest BCUT2D eigenvalue weighted by Crippen LogP contribution is -1.84. The number of hydrogen-bond donors (Lipinski definition) is 0. The molecule has 0 aliphatic heterocycles. The molecule has 1 fully saturated rings. The van der Waals surface area contributed by atoms with Crippen LogP contribution in [-0.2, 0) is 4.79 Å². The molecule has 0 bridgehead atoms. The molecule has 1 aliphatic rings. The normalized spacial score (nSPS) is 16.8. The quantitative estimate of drug-likeness (QED) is 0.523. The second-order valence-electron chi connectivity index (χ2n) is 3.89. The molecule has 0 unspecified atom stereocenters. The second-order valence-corrected chi connectivity index (χ2v) is 3.89. The lowest BCUT2D eigenvalue weighted by atomic mass is 10.0. The Balaban J connectivity index is 2.29. The van der Waals surface area contributed by atoms with Gasteiger partial charge in [-0.05, 0) is 48.5 Å². The maximum Gasteiger partial charge on any atom is 0.143 e. The van der Waals surface area contributed by atoms with Gasteiger partial charge in [-0.15, -0.1) is 0 Å². The minimum atomic E-state index is 0.777. The average molecular weight is 186 g/mol. The molecule has 0 heterocycles. The van der Waals surface area contributed by atoms with E-state index in [9.17, 15) is 4.79 Å². The fraction of sp³-hybridized carbons (Fsp3) is 0.308. The molecule has 1 aromatic carbocycles. The summed E-state index contributed by atoms with van der Waals surface area (Å²) < 4.78 is 0. The van der Waals surface area contributed by atoms with Crippen LogP contribution < -0.4 is 0 Å². The zero-order valence-electron chi connectivity index (χ0n) is 8.36. The van der Waals surface area contributed by atoms with Gasteiger partial charge in [0.1, 0.15) is 6.29 Å². The molecule has 0 spiro atoms. The monoisotopic (exact) mass is 186 g/mol. The first kappa shape index (κ1) is 9.20. The molecule has 0 amide bonds. The third kappa shape index (κ3) is 1.92. The van der Waals surface area contributed by atoms with Crippen molar-refractivity contribution >= 4 is 11.9 Å². The van der Waals surface area contributed by atoms with Gasteiger partial charge in [-0.3, -0.25) is 4.79 Å². The van der Waals surface area contributed by atoms with Crippen molar-refractivity contribution in [1.29, 1.82) is 0 Å². The molecule has 0 radical (unpaired) electrons. The summed E-state index contributed by atoms with van der Waals surface area (Å²) in [6.45, 7) is 1.97. The van der Waals surface area contributed by atoms with Gasteiger partial charge in [0.05, 0.1) is 0 Å². The van der Waals surface area contributed by atoms with Crippen molar-refractivity contribution in [2.75, 3.05) is 0 Å². The highest BCUT2D eigenvalue weighted by atomic mass is 16.1. The first-order valence-corrected chi connectivity index (χ1v) is 5.03. The summed E-state index contributed by atoms with van der Waals surface area (Å²) in [4.78, 5) is 10.3. The Morgan fingerprint density at radius 1 is 1.43 bits per heavy atom. The smallest absolute Gasteiger partial charge is 0.143 e. The van der Waals surface area contributed by atoms with Crippen molar-refractivity contribution in [2.24, 2.45) is 0 Å². The van der Waals surface area contributed by atoms with Crippen molar-refractivity contribution in [3.05, 3.63) is 41.5 Å². The van der Waals surface area contributed by atoms with E-state index in [1.54, 1.807) is 6.08 Å². The summed E-state index contributed by atoms with van der Waals surface area (Å²) in [5.74, 6) is 0.777. The van der Waals surface area contributed by atoms with Crippen molar-refractivity contribution in [3.8, 4) is 0 Å². The van der Waals surface area contributed by atoms with E-state index in [1.807, 2.05) is 6.92 Å². The standard InChI is InChI=1S/C13H14O/c1-10(7-8-14)12-3-2-4-13(9-12)11-5-6-11/h2-4,7-9,11H,5-6H2,1H3/b10-7+. The van der Waals surface area contributed by atoms with Gasteiger partial charge in [0.15, 0.2) is 0 Å². The number of carbonyl (C=O) groups excluding carboxylic acids is 1. The number of rotatable bonds is 3. The van der Waals surface area contributed by atoms with Crippen LogP contribution in [0.1, 0.15) is 36.8 Å². The molecule has 1 heteroatoms. The Kier molecular flexibility index (Phi) is 2.49. The summed E-state index contributed by atoms with van der Waals surface area (Å²) in [7, 11) is 0. The van der Waals surface area contributed by atoms with E-state index >= 15 is 0 Å². The molecule has 2 rings (SSSR count). The molecule has 0 atom stereocenters. The van der Waals surface area contributed by atoms with E-state index in [0.29, 0.717) is 0 Å². The van der Waals surface area contributed by atoms with Crippen molar-refractivity contribution in [2.45, 2.75) is 25.7 Å². The number of allylic oxidation sites excluding steroid dienone is 2. The van der Waals surface area contributed by atoms with Gasteiger partial charge in [-0.1, -0.05) is 24.3 Å². The third-order valence-electron chi connectivity index (χ3n) is 2.71. The Bertz CT molecular complexity index is 373. The molecule has 72 valence electrons. The number of hydrogen-bond acceptors (Lipinski definition) is 1. The van der Waals surface area contributed by atoms with Crippen LogP contribution in [0, 0.1) is 0 Å². The highest BCUT2D eigenvalue weighted by Crippen LogP contribution is 2.40. The van der Waals surface area contributed by atoms with E-state index in [4.69, 9.17) is 0 Å². The largest absolute Gasteiger partial charge is 0.299 e. The fourth-order valence-electron chi connectivity index (χ4n) is 1.65. The maximum absolute atomic E-state index is 10.3. The van der Waals surface area contributed by atoms with Crippen LogP contribution in [0.4, 0.5) is 0 Å². The predicted molar refractivity (Wildman–Crippen MR) is 58.1 cm³/mol. The van der Waals surface area contributed by atoms with Crippen LogP contribution in [0.25, 0.3) is 5.57 Å². The first-order valence-electron chi connectivity index (χ1n) is 5.03. The Morgan fingerprint density at radius 2 is 2.21 bits per heavy atom. The number of benzene rings is 1. The van der Waals surface area contributed by atoms with Crippen LogP contribution in [0.2, 0.25) is 0 Å². The minimum absolute atomic E-state index is 0.777. The highest BCUT2D eigenvalue weighted by molar-refractivity contribution is 5.80. The molecule has 0 aromatic heterocycles. The van der Waals surface area contributed by atoms with E-state index in [-0.39, 0.29) is 0 Å².